The molecule has 2 aromatic carbocycles. The van der Waals surface area contributed by atoms with Gasteiger partial charge in [-0.15, -0.1) is 0 Å². The first-order valence-electron chi connectivity index (χ1n) is 8.49. The molecule has 5 nitrogen and oxygen atoms in total. The van der Waals surface area contributed by atoms with Crippen LogP contribution in [0.3, 0.4) is 0 Å². The Bertz CT molecular complexity index is 843. The van der Waals surface area contributed by atoms with Crippen molar-refractivity contribution in [3.05, 3.63) is 65.7 Å². The zero-order valence-corrected chi connectivity index (χ0v) is 16.3. The van der Waals surface area contributed by atoms with Gasteiger partial charge in [0.25, 0.3) is 0 Å². The van der Waals surface area contributed by atoms with E-state index >= 15 is 0 Å². The highest BCUT2D eigenvalue weighted by Gasteiger charge is 2.41. The van der Waals surface area contributed by atoms with Gasteiger partial charge < -0.3 is 4.74 Å². The lowest BCUT2D eigenvalue weighted by Crippen LogP contribution is -2.43. The topological polar surface area (TPSA) is 72.5 Å². The Kier molecular flexibility index (Phi) is 6.21. The van der Waals surface area contributed by atoms with Crippen LogP contribution in [0.2, 0.25) is 0 Å². The molecule has 0 aliphatic carbocycles. The van der Waals surface area contributed by atoms with Gasteiger partial charge in [-0.3, -0.25) is 4.79 Å². The fraction of sp³-hybridized carbons (Fsp3) is 0.350. The quantitative estimate of drug-likeness (QED) is 0.751. The van der Waals surface area contributed by atoms with Crippen LogP contribution in [0.4, 0.5) is 0 Å². The van der Waals surface area contributed by atoms with Crippen molar-refractivity contribution in [2.75, 3.05) is 6.61 Å². The molecule has 0 fully saturated rings. The van der Waals surface area contributed by atoms with Crippen LogP contribution in [0.5, 0.6) is 0 Å². The Morgan fingerprint density at radius 1 is 1.08 bits per heavy atom. The summed E-state index contributed by atoms with van der Waals surface area (Å²) in [5.74, 6) is -0.458. The van der Waals surface area contributed by atoms with Crippen molar-refractivity contribution in [1.82, 2.24) is 4.72 Å². The molecule has 6 heteroatoms. The monoisotopic (exact) mass is 375 g/mol. The molecule has 140 valence electrons. The first-order chi connectivity index (χ1) is 12.2. The lowest BCUT2D eigenvalue weighted by molar-refractivity contribution is -0.155. The molecule has 2 rings (SSSR count). The Hall–Kier alpha value is -2.18. The van der Waals surface area contributed by atoms with Gasteiger partial charge in [-0.2, -0.15) is 0 Å². The summed E-state index contributed by atoms with van der Waals surface area (Å²) in [5.41, 5.74) is 0.575. The van der Waals surface area contributed by atoms with Crippen molar-refractivity contribution >= 4 is 16.0 Å². The Balaban J connectivity index is 2.45. The van der Waals surface area contributed by atoms with Crippen LogP contribution < -0.4 is 4.72 Å². The second-order valence-electron chi connectivity index (χ2n) is 6.72. The number of benzene rings is 2. The summed E-state index contributed by atoms with van der Waals surface area (Å²) in [5, 5.41) is 0. The average molecular weight is 375 g/mol. The van der Waals surface area contributed by atoms with Crippen LogP contribution in [-0.4, -0.2) is 21.0 Å². The van der Waals surface area contributed by atoms with E-state index in [9.17, 15) is 13.2 Å². The standard InChI is InChI=1S/C20H25NO4S/c1-5-25-19(22)20(3,4)18(16-9-7-6-8-10-16)21-26(23,24)17-13-11-15(2)12-14-17/h6-14,18,21H,5H2,1-4H3. The molecular weight excluding hydrogens is 350 g/mol. The molecule has 1 unspecified atom stereocenters. The molecule has 0 heterocycles. The Morgan fingerprint density at radius 2 is 1.65 bits per heavy atom. The molecule has 0 saturated carbocycles. The number of hydrogen-bond donors (Lipinski definition) is 1. The molecule has 0 spiro atoms. The van der Waals surface area contributed by atoms with Gasteiger partial charge in [-0.25, -0.2) is 13.1 Å². The highest BCUT2D eigenvalue weighted by molar-refractivity contribution is 7.89. The van der Waals surface area contributed by atoms with Crippen LogP contribution in [0.1, 0.15) is 37.9 Å². The second kappa shape index (κ2) is 8.01. The summed E-state index contributed by atoms with van der Waals surface area (Å²) in [6.07, 6.45) is 0. The van der Waals surface area contributed by atoms with Gasteiger partial charge in [0.1, 0.15) is 0 Å². The third kappa shape index (κ3) is 4.51. The fourth-order valence-electron chi connectivity index (χ4n) is 2.65. The SMILES string of the molecule is CCOC(=O)C(C)(C)C(NS(=O)(=O)c1ccc(C)cc1)c1ccccc1. The zero-order valence-electron chi connectivity index (χ0n) is 15.5. The molecule has 0 aliphatic heterocycles. The Morgan fingerprint density at radius 3 is 2.19 bits per heavy atom. The fourth-order valence-corrected chi connectivity index (χ4v) is 4.02. The van der Waals surface area contributed by atoms with Gasteiger partial charge in [-0.1, -0.05) is 48.0 Å². The number of ether oxygens (including phenoxy) is 1. The third-order valence-electron chi connectivity index (χ3n) is 4.26. The van der Waals surface area contributed by atoms with Crippen LogP contribution in [0.15, 0.2) is 59.5 Å². The molecule has 1 atom stereocenters. The molecule has 0 saturated heterocycles. The predicted molar refractivity (Wildman–Crippen MR) is 101 cm³/mol. The van der Waals surface area contributed by atoms with Crippen molar-refractivity contribution in [2.45, 2.75) is 38.6 Å². The van der Waals surface area contributed by atoms with Crippen LogP contribution in [0, 0.1) is 12.3 Å². The Labute approximate surface area is 155 Å². The van der Waals surface area contributed by atoms with Crippen molar-refractivity contribution in [1.29, 1.82) is 0 Å². The normalized spacial score (nSPS) is 13.2. The molecule has 0 aliphatic rings. The smallest absolute Gasteiger partial charge is 0.313 e. The number of aryl methyl sites for hydroxylation is 1. The maximum absolute atomic E-state index is 12.9. The van der Waals surface area contributed by atoms with Gasteiger partial charge >= 0.3 is 5.97 Å². The van der Waals surface area contributed by atoms with Gasteiger partial charge in [0.2, 0.25) is 10.0 Å². The summed E-state index contributed by atoms with van der Waals surface area (Å²) in [6, 6.07) is 14.9. The number of carbonyl (C=O) groups is 1. The summed E-state index contributed by atoms with van der Waals surface area (Å²) in [4.78, 5) is 12.6. The predicted octanol–water partition coefficient (Wildman–Crippen LogP) is 3.60. The van der Waals surface area contributed by atoms with Crippen LogP contribution >= 0.6 is 0 Å². The highest BCUT2D eigenvalue weighted by atomic mass is 32.2. The van der Waals surface area contributed by atoms with Crippen molar-refractivity contribution in [3.8, 4) is 0 Å². The first kappa shape index (κ1) is 20.1. The lowest BCUT2D eigenvalue weighted by Gasteiger charge is -2.33. The molecule has 26 heavy (non-hydrogen) atoms. The number of hydrogen-bond acceptors (Lipinski definition) is 4. The summed E-state index contributed by atoms with van der Waals surface area (Å²) < 4.78 is 33.6. The molecule has 0 bridgehead atoms. The van der Waals surface area contributed by atoms with Crippen molar-refractivity contribution in [2.24, 2.45) is 5.41 Å². The maximum Gasteiger partial charge on any atom is 0.313 e. The van der Waals surface area contributed by atoms with E-state index in [4.69, 9.17) is 4.74 Å². The highest BCUT2D eigenvalue weighted by Crippen LogP contribution is 2.36. The maximum atomic E-state index is 12.9. The number of nitrogens with one attached hydrogen (secondary N) is 1. The van der Waals surface area contributed by atoms with E-state index in [1.165, 1.54) is 0 Å². The minimum Gasteiger partial charge on any atom is -0.466 e. The van der Waals surface area contributed by atoms with E-state index in [0.717, 1.165) is 5.56 Å². The van der Waals surface area contributed by atoms with Crippen molar-refractivity contribution in [3.63, 3.8) is 0 Å². The van der Waals surface area contributed by atoms with E-state index in [1.807, 2.05) is 25.1 Å². The van der Waals surface area contributed by atoms with E-state index in [1.54, 1.807) is 57.2 Å². The number of sulfonamides is 1. The molecule has 2 aromatic rings. The average Bonchev–Trinajstić information content (AvgIpc) is 2.61. The van der Waals surface area contributed by atoms with Gasteiger partial charge in [0, 0.05) is 0 Å². The summed E-state index contributed by atoms with van der Waals surface area (Å²) in [6.45, 7) is 7.21. The zero-order chi connectivity index (χ0) is 19.4. The van der Waals surface area contributed by atoms with Crippen LogP contribution in [-0.2, 0) is 19.6 Å². The molecule has 0 amide bonds. The van der Waals surface area contributed by atoms with E-state index in [2.05, 4.69) is 4.72 Å². The summed E-state index contributed by atoms with van der Waals surface area (Å²) in [7, 11) is -3.81. The minimum atomic E-state index is -3.81. The lowest BCUT2D eigenvalue weighted by atomic mass is 9.81. The number of carbonyl (C=O) groups excluding carboxylic acids is 1. The van der Waals surface area contributed by atoms with Gasteiger partial charge in [-0.05, 0) is 45.4 Å². The molecular formula is C20H25NO4S. The van der Waals surface area contributed by atoms with Gasteiger partial charge in [0.15, 0.2) is 0 Å². The molecule has 1 N–H and O–H groups in total. The summed E-state index contributed by atoms with van der Waals surface area (Å²) >= 11 is 0. The van der Waals surface area contributed by atoms with E-state index < -0.39 is 27.4 Å². The minimum absolute atomic E-state index is 0.156. The second-order valence-corrected chi connectivity index (χ2v) is 8.43. The first-order valence-corrected chi connectivity index (χ1v) is 9.98. The molecule has 0 aromatic heterocycles. The van der Waals surface area contributed by atoms with E-state index in [0.29, 0.717) is 5.56 Å². The van der Waals surface area contributed by atoms with E-state index in [-0.39, 0.29) is 11.5 Å². The largest absolute Gasteiger partial charge is 0.466 e. The third-order valence-corrected chi connectivity index (χ3v) is 5.70. The number of rotatable bonds is 7. The number of esters is 1. The van der Waals surface area contributed by atoms with Crippen molar-refractivity contribution < 1.29 is 17.9 Å². The van der Waals surface area contributed by atoms with Crippen LogP contribution in [0.25, 0.3) is 0 Å². The van der Waals surface area contributed by atoms with Gasteiger partial charge in [0.05, 0.1) is 23.0 Å². The molecule has 0 radical (unpaired) electrons.